The van der Waals surface area contributed by atoms with Crippen LogP contribution in [0.2, 0.25) is 0 Å². The van der Waals surface area contributed by atoms with Gasteiger partial charge in [-0.1, -0.05) is 12.1 Å². The van der Waals surface area contributed by atoms with Gasteiger partial charge in [-0.25, -0.2) is 4.79 Å². The molecule has 2 aromatic rings. The summed E-state index contributed by atoms with van der Waals surface area (Å²) in [5.74, 6) is -2.62. The van der Waals surface area contributed by atoms with Gasteiger partial charge in [-0.2, -0.15) is 0 Å². The average molecular weight is 757 g/mol. The van der Waals surface area contributed by atoms with Gasteiger partial charge in [0.1, 0.15) is 54.9 Å². The Morgan fingerprint density at radius 3 is 2.11 bits per heavy atom. The Labute approximate surface area is 302 Å². The van der Waals surface area contributed by atoms with Crippen molar-refractivity contribution in [1.82, 2.24) is 0 Å². The minimum atomic E-state index is -1.86. The zero-order valence-electron chi connectivity index (χ0n) is 28.2. The molecule has 5 rings (SSSR count). The Bertz CT molecular complexity index is 1560. The Morgan fingerprint density at radius 1 is 0.736 bits per heavy atom. The van der Waals surface area contributed by atoms with Crippen molar-refractivity contribution in [3.8, 4) is 23.0 Å². The molecular weight excluding hydrogens is 712 g/mol. The number of carbonyl (C=O) groups is 1. The molecule has 3 aliphatic rings. The predicted octanol–water partition coefficient (Wildman–Crippen LogP) is -2.55. The van der Waals surface area contributed by atoms with E-state index < -0.39 is 117 Å². The monoisotopic (exact) mass is 756 g/mol. The topological polar surface area (TPSA) is 304 Å². The van der Waals surface area contributed by atoms with Gasteiger partial charge < -0.3 is 89.3 Å². The first kappa shape index (κ1) is 40.5. The van der Waals surface area contributed by atoms with E-state index in [1.807, 2.05) is 0 Å². The van der Waals surface area contributed by atoms with Crippen molar-refractivity contribution >= 4 is 12.0 Å². The molecule has 294 valence electrons. The first-order chi connectivity index (χ1) is 25.1. The number of aliphatic hydroxyl groups excluding tert-OH is 7. The van der Waals surface area contributed by atoms with Crippen LogP contribution < -0.4 is 0 Å². The minimum Gasteiger partial charge on any atom is -0.504 e. The van der Waals surface area contributed by atoms with Crippen molar-refractivity contribution in [2.45, 2.75) is 99.4 Å². The molecule has 3 saturated heterocycles. The van der Waals surface area contributed by atoms with Crippen molar-refractivity contribution in [2.24, 2.45) is 0 Å². The van der Waals surface area contributed by atoms with E-state index in [4.69, 9.17) is 33.2 Å². The minimum absolute atomic E-state index is 0.136. The molecule has 11 N–H and O–H groups in total. The Kier molecular flexibility index (Phi) is 13.5. The van der Waals surface area contributed by atoms with Crippen molar-refractivity contribution in [1.29, 1.82) is 0 Å². The van der Waals surface area contributed by atoms with Crippen LogP contribution >= 0.6 is 0 Å². The van der Waals surface area contributed by atoms with Gasteiger partial charge in [0.05, 0.1) is 25.9 Å². The molecule has 14 atom stereocenters. The SMILES string of the molecule is CC1O[C@@H](O[C@@H]2C(O)[C@H](OCCc3ccc(O)c(O)c3)OC(CO[C@@H]3OC[C@@H](O)[C@@H](O)C3O)[C@@H]2OC(=O)/C=C/c2ccc(O)c(O)c2)C(O)[C@@H](O)[C@H]1O. The Balaban J connectivity index is 1.42. The molecule has 3 heterocycles. The number of benzene rings is 2. The molecular formula is C34H44O19. The van der Waals surface area contributed by atoms with Gasteiger partial charge in [0.15, 0.2) is 48.0 Å². The van der Waals surface area contributed by atoms with Gasteiger partial charge in [0.25, 0.3) is 0 Å². The summed E-state index contributed by atoms with van der Waals surface area (Å²) in [6.07, 6.45) is -20.0. The Morgan fingerprint density at radius 2 is 1.42 bits per heavy atom. The molecule has 19 heteroatoms. The van der Waals surface area contributed by atoms with Gasteiger partial charge in [-0.05, 0) is 54.8 Å². The molecule has 0 aliphatic carbocycles. The van der Waals surface area contributed by atoms with Crippen molar-refractivity contribution in [3.05, 3.63) is 53.6 Å². The van der Waals surface area contributed by atoms with Gasteiger partial charge >= 0.3 is 5.97 Å². The fourth-order valence-corrected chi connectivity index (χ4v) is 5.86. The van der Waals surface area contributed by atoms with Crippen LogP contribution in [0, 0.1) is 0 Å². The molecule has 19 nitrogen and oxygen atoms in total. The van der Waals surface area contributed by atoms with Crippen molar-refractivity contribution in [2.75, 3.05) is 19.8 Å². The fraction of sp³-hybridized carbons (Fsp3) is 0.559. The van der Waals surface area contributed by atoms with Crippen molar-refractivity contribution in [3.63, 3.8) is 0 Å². The van der Waals surface area contributed by atoms with Crippen LogP contribution in [-0.2, 0) is 44.4 Å². The molecule has 0 aromatic heterocycles. The molecule has 0 radical (unpaired) electrons. The lowest BCUT2D eigenvalue weighted by molar-refractivity contribution is -0.362. The van der Waals surface area contributed by atoms with E-state index in [1.165, 1.54) is 49.4 Å². The standard InChI is InChI=1S/C34H44O19/c1-14-24(41)26(43)28(45)34(50-14)53-31-29(46)33(47-9-8-16-3-6-18(36)20(38)11-16)51-22(13-49-32-27(44)25(42)21(39)12-48-32)30(31)52-23(40)7-4-15-2-5-17(35)19(37)10-15/h2-7,10-11,14,21-22,24-39,41-46H,8-9,12-13H2,1H3/b7-4+/t14?,21-,22?,24+,25-,26+,27?,28?,29?,30+,31-,32+,33-,34+/m1/s1. The Hall–Kier alpha value is -3.67. The lowest BCUT2D eigenvalue weighted by atomic mass is 9.96. The van der Waals surface area contributed by atoms with Crippen LogP contribution in [0.5, 0.6) is 23.0 Å². The number of rotatable bonds is 12. The van der Waals surface area contributed by atoms with Gasteiger partial charge in [0, 0.05) is 6.08 Å². The van der Waals surface area contributed by atoms with Crippen molar-refractivity contribution < 1.29 is 94.1 Å². The lowest BCUT2D eigenvalue weighted by Crippen LogP contribution is -2.65. The molecule has 0 saturated carbocycles. The summed E-state index contributed by atoms with van der Waals surface area (Å²) in [4.78, 5) is 13.2. The zero-order chi connectivity index (χ0) is 38.6. The second kappa shape index (κ2) is 17.6. The normalized spacial score (nSPS) is 36.4. The largest absolute Gasteiger partial charge is 0.504 e. The summed E-state index contributed by atoms with van der Waals surface area (Å²) in [6.45, 7) is 0.237. The van der Waals surface area contributed by atoms with E-state index in [0.717, 1.165) is 6.08 Å². The first-order valence-corrected chi connectivity index (χ1v) is 16.6. The molecule has 3 aliphatic heterocycles. The third kappa shape index (κ3) is 9.72. The number of hydrogen-bond donors (Lipinski definition) is 11. The van der Waals surface area contributed by atoms with Gasteiger partial charge in [0.2, 0.25) is 0 Å². The molecule has 53 heavy (non-hydrogen) atoms. The summed E-state index contributed by atoms with van der Waals surface area (Å²) in [6, 6.07) is 7.83. The highest BCUT2D eigenvalue weighted by Gasteiger charge is 2.53. The second-order valence-corrected chi connectivity index (χ2v) is 12.8. The number of phenols is 4. The van der Waals surface area contributed by atoms with E-state index in [2.05, 4.69) is 0 Å². The third-order valence-corrected chi connectivity index (χ3v) is 8.97. The molecule has 2 aromatic carbocycles. The number of ether oxygens (including phenoxy) is 7. The highest BCUT2D eigenvalue weighted by atomic mass is 16.8. The lowest BCUT2D eigenvalue weighted by Gasteiger charge is -2.47. The maximum atomic E-state index is 13.2. The van der Waals surface area contributed by atoms with Gasteiger partial charge in [-0.15, -0.1) is 0 Å². The molecule has 5 unspecified atom stereocenters. The average Bonchev–Trinajstić information content (AvgIpc) is 3.13. The molecule has 3 fully saturated rings. The van der Waals surface area contributed by atoms with E-state index in [-0.39, 0.29) is 30.1 Å². The van der Waals surface area contributed by atoms with Crippen LogP contribution in [0.4, 0.5) is 0 Å². The smallest absolute Gasteiger partial charge is 0.331 e. The molecule has 0 spiro atoms. The summed E-state index contributed by atoms with van der Waals surface area (Å²) < 4.78 is 40.1. The summed E-state index contributed by atoms with van der Waals surface area (Å²) >= 11 is 0. The van der Waals surface area contributed by atoms with Crippen LogP contribution in [-0.4, -0.2) is 168 Å². The zero-order valence-corrected chi connectivity index (χ0v) is 28.2. The van der Waals surface area contributed by atoms with Gasteiger partial charge in [-0.3, -0.25) is 0 Å². The number of carbonyl (C=O) groups excluding carboxylic acids is 1. The highest BCUT2D eigenvalue weighted by molar-refractivity contribution is 5.87. The summed E-state index contributed by atoms with van der Waals surface area (Å²) in [7, 11) is 0. The van der Waals surface area contributed by atoms with E-state index in [1.54, 1.807) is 0 Å². The number of phenolic OH excluding ortho intramolecular Hbond substituents is 4. The van der Waals surface area contributed by atoms with E-state index in [0.29, 0.717) is 5.56 Å². The predicted molar refractivity (Wildman–Crippen MR) is 174 cm³/mol. The molecule has 0 bridgehead atoms. The van der Waals surface area contributed by atoms with Crippen LogP contribution in [0.1, 0.15) is 18.1 Å². The molecule has 0 amide bonds. The fourth-order valence-electron chi connectivity index (χ4n) is 5.86. The number of aliphatic hydroxyl groups is 7. The maximum absolute atomic E-state index is 13.2. The quantitative estimate of drug-likeness (QED) is 0.0603. The second-order valence-electron chi connectivity index (χ2n) is 12.8. The summed E-state index contributed by atoms with van der Waals surface area (Å²) in [5.41, 5.74) is 0.813. The van der Waals surface area contributed by atoms with Crippen LogP contribution in [0.3, 0.4) is 0 Å². The third-order valence-electron chi connectivity index (χ3n) is 8.97. The number of hydrogen-bond acceptors (Lipinski definition) is 19. The number of aromatic hydroxyl groups is 4. The van der Waals surface area contributed by atoms with Crippen LogP contribution in [0.25, 0.3) is 6.08 Å². The summed E-state index contributed by atoms with van der Waals surface area (Å²) in [5, 5.41) is 112. The highest BCUT2D eigenvalue weighted by Crippen LogP contribution is 2.33. The van der Waals surface area contributed by atoms with E-state index >= 15 is 0 Å². The number of esters is 1. The van der Waals surface area contributed by atoms with E-state index in [9.17, 15) is 61.0 Å². The van der Waals surface area contributed by atoms with Crippen LogP contribution in [0.15, 0.2) is 42.5 Å². The first-order valence-electron chi connectivity index (χ1n) is 16.6. The maximum Gasteiger partial charge on any atom is 0.331 e.